The first kappa shape index (κ1) is 97.2. The molecule has 39 heteroatoms. The van der Waals surface area contributed by atoms with Gasteiger partial charge >= 0.3 is 5.97 Å². The number of nitrogens with two attached hydrogens (primary N) is 9. The number of rotatable bonds is 54. The predicted octanol–water partition coefficient (Wildman–Crippen LogP) is -4.27. The van der Waals surface area contributed by atoms with Gasteiger partial charge in [-0.2, -0.15) is 0 Å². The Labute approximate surface area is 666 Å². The highest BCUT2D eigenvalue weighted by Crippen LogP contribution is 2.22. The van der Waals surface area contributed by atoms with Crippen molar-refractivity contribution in [3.8, 4) is 5.75 Å². The third kappa shape index (κ3) is 37.6. The molecule has 39 nitrogen and oxygen atoms in total. The number of aromatic hydroxyl groups is 1. The minimum atomic E-state index is -1.48. The quantitative estimate of drug-likeness (QED) is 0.0169. The fourth-order valence-electron chi connectivity index (χ4n) is 12.4. The molecule has 0 spiro atoms. The lowest BCUT2D eigenvalue weighted by molar-refractivity contribution is -0.143. The number of nitrogens with zero attached hydrogens (tertiary/aromatic N) is 4. The fraction of sp³-hybridized carbons (Fsp3) is 0.627. The Balaban J connectivity index is 1.97. The second-order valence-electron chi connectivity index (χ2n) is 29.3. The number of carbonyl (C=O) groups excluding carboxylic acids is 12. The average molecular weight is 1600 g/mol. The molecule has 2 aromatic rings. The molecule has 0 bridgehead atoms. The molecule has 636 valence electrons. The van der Waals surface area contributed by atoms with E-state index in [2.05, 4.69) is 73.5 Å². The molecule has 31 N–H and O–H groups in total. The highest BCUT2D eigenvalue weighted by atomic mass is 16.4. The van der Waals surface area contributed by atoms with E-state index in [1.54, 1.807) is 70.2 Å². The summed E-state index contributed by atoms with van der Waals surface area (Å²) < 4.78 is 0. The molecule has 0 saturated carbocycles. The third-order valence-electron chi connectivity index (χ3n) is 18.7. The van der Waals surface area contributed by atoms with Crippen molar-refractivity contribution in [3.05, 3.63) is 65.7 Å². The van der Waals surface area contributed by atoms with Crippen molar-refractivity contribution in [2.75, 3.05) is 52.4 Å². The monoisotopic (exact) mass is 1600 g/mol. The van der Waals surface area contributed by atoms with Gasteiger partial charge in [0.2, 0.25) is 70.9 Å². The molecule has 12 amide bonds. The molecule has 0 aromatic heterocycles. The smallest absolute Gasteiger partial charge is 0.326 e. The molecule has 3 rings (SSSR count). The average Bonchev–Trinajstić information content (AvgIpc) is 1.60. The maximum absolute atomic E-state index is 15.1. The van der Waals surface area contributed by atoms with Gasteiger partial charge in [-0.1, -0.05) is 90.4 Å². The van der Waals surface area contributed by atoms with E-state index in [0.717, 1.165) is 0 Å². The first-order chi connectivity index (χ1) is 54.1. The zero-order valence-corrected chi connectivity index (χ0v) is 66.6. The van der Waals surface area contributed by atoms with E-state index in [-0.39, 0.29) is 158 Å². The molecule has 1 saturated heterocycles. The number of carboxylic acids is 1. The van der Waals surface area contributed by atoms with Crippen LogP contribution in [0.3, 0.4) is 0 Å². The van der Waals surface area contributed by atoms with Crippen LogP contribution in [0.15, 0.2) is 69.6 Å². The van der Waals surface area contributed by atoms with Gasteiger partial charge in [0.15, 0.2) is 17.9 Å². The second kappa shape index (κ2) is 52.4. The van der Waals surface area contributed by atoms with Crippen LogP contribution in [0, 0.1) is 17.8 Å². The van der Waals surface area contributed by atoms with E-state index in [4.69, 9.17) is 51.6 Å². The summed E-state index contributed by atoms with van der Waals surface area (Å²) in [7, 11) is 0. The van der Waals surface area contributed by atoms with Crippen molar-refractivity contribution in [2.45, 2.75) is 230 Å². The Hall–Kier alpha value is -11.0. The van der Waals surface area contributed by atoms with E-state index < -0.39 is 162 Å². The van der Waals surface area contributed by atoms with Gasteiger partial charge in [-0.3, -0.25) is 72.5 Å². The number of unbranched alkanes of at least 4 members (excludes halogenated alkanes) is 2. The third-order valence-corrected chi connectivity index (χ3v) is 18.7. The molecule has 1 heterocycles. The maximum atomic E-state index is 15.1. The Morgan fingerprint density at radius 2 is 0.886 bits per heavy atom. The summed E-state index contributed by atoms with van der Waals surface area (Å²) in [5.41, 5.74) is 52.6. The number of benzene rings is 2. The summed E-state index contributed by atoms with van der Waals surface area (Å²) in [6.45, 7) is 10.00. The molecular weight excluding hydrogens is 1480 g/mol. The highest BCUT2D eigenvalue weighted by molar-refractivity contribution is 6.00. The number of phenolic OH excluding ortho intramolecular Hbond substituents is 1. The summed E-state index contributed by atoms with van der Waals surface area (Å²) in [4.78, 5) is 196. The Kier molecular flexibility index (Phi) is 44.7. The lowest BCUT2D eigenvalue weighted by atomic mass is 9.96. The summed E-state index contributed by atoms with van der Waals surface area (Å²) in [5, 5.41) is 48.8. The number of carboxylic acid groups (broad SMARTS) is 1. The molecule has 0 radical (unpaired) electrons. The normalized spacial score (nSPS) is 15.3. The number of guanidine groups is 3. The van der Waals surface area contributed by atoms with Crippen molar-refractivity contribution < 1.29 is 72.5 Å². The number of nitrogens with one attached hydrogen (secondary N) is 11. The number of hydrogen-bond acceptors (Lipinski definition) is 20. The molecule has 114 heavy (non-hydrogen) atoms. The van der Waals surface area contributed by atoms with Crippen LogP contribution in [-0.4, -0.2) is 229 Å². The van der Waals surface area contributed by atoms with Crippen molar-refractivity contribution in [1.29, 1.82) is 0 Å². The highest BCUT2D eigenvalue weighted by Gasteiger charge is 2.42. The lowest BCUT2D eigenvalue weighted by Gasteiger charge is -2.32. The Morgan fingerprint density at radius 3 is 1.37 bits per heavy atom. The van der Waals surface area contributed by atoms with Crippen molar-refractivity contribution in [3.63, 3.8) is 0 Å². The standard InChI is InChI=1S/C75H126N24O15/c1-7-45(6)61(70(111)94-53(25-17-35-87-75(83)84)71(112)99-36-18-26-58(99)69(110)93-50(21-11-13-31-76)64(105)96-56(38-44(4)5)67(108)95-54(72(113)114)22-12-14-32-77)98-65(106)52(24-16-34-86-74(81)82)91-63(104)51(23-15-33-85-73(79)80)92-66(107)55(37-43(2)3)97-68(109)57(40-46-19-9-8-10-20-46)90-60(102)42-88-59(101)41-89-62(103)49(78)39-47-27-29-48(100)30-28-47/h8-10,19-20,27-30,43-45,49-58,61,100H,7,11-18,21-26,31-42,76-78H2,1-6H3,(H,88,101)(H,89,103)(H,90,102)(H,91,104)(H,92,107)(H,93,110)(H,94,111)(H,95,108)(H,96,105)(H,97,109)(H,98,106)(H,113,114)(H4,79,80,85)(H4,81,82,86)(H4,83,84,87)/t45-,49-,50-,51-,52-,53-,54?,55-,56-,57-,58-,61-/m0/s1. The molecule has 2 aromatic carbocycles. The van der Waals surface area contributed by atoms with Crippen molar-refractivity contribution in [1.82, 2.24) is 63.4 Å². The molecule has 1 unspecified atom stereocenters. The molecular formula is C75H126N24O15. The number of likely N-dealkylation sites (tertiary alicyclic amines) is 1. The van der Waals surface area contributed by atoms with Crippen LogP contribution in [-0.2, 0) is 75.2 Å². The minimum Gasteiger partial charge on any atom is -0.508 e. The SMILES string of the molecule is CC[C@H](C)[C@H](NC(=O)[C@H](CCCN=C(N)N)NC(=O)[C@H](CCCN=C(N)N)NC(=O)[C@H](CC(C)C)NC(=O)[C@H](Cc1ccccc1)NC(=O)CNC(=O)CNC(=O)[C@@H](N)Cc1ccc(O)cc1)C(=O)N[C@@H](CCCN=C(N)N)C(=O)N1CCC[C@H]1C(=O)N[C@@H](CCCCN)C(=O)N[C@@H](CC(C)C)C(=O)NC(CCCCN)C(=O)O. The maximum Gasteiger partial charge on any atom is 0.326 e. The molecule has 1 fully saturated rings. The second-order valence-corrected chi connectivity index (χ2v) is 29.3. The molecule has 12 atom stereocenters. The van der Waals surface area contributed by atoms with Gasteiger partial charge in [-0.05, 0) is 163 Å². The summed E-state index contributed by atoms with van der Waals surface area (Å²) in [5.74, 6) is -12.5. The number of aliphatic imine (C=N–C) groups is 3. The number of aliphatic carboxylic acids is 1. The topological polar surface area (TPSA) is 669 Å². The van der Waals surface area contributed by atoms with Gasteiger partial charge in [0.05, 0.1) is 19.1 Å². The van der Waals surface area contributed by atoms with Crippen LogP contribution in [0.25, 0.3) is 0 Å². The van der Waals surface area contributed by atoms with Gasteiger partial charge < -0.3 is 125 Å². The van der Waals surface area contributed by atoms with Crippen molar-refractivity contribution in [2.24, 2.45) is 84.3 Å². The van der Waals surface area contributed by atoms with Crippen LogP contribution in [0.4, 0.5) is 0 Å². The molecule has 1 aliphatic heterocycles. The first-order valence-corrected chi connectivity index (χ1v) is 39.0. The van der Waals surface area contributed by atoms with E-state index in [1.165, 1.54) is 17.0 Å². The van der Waals surface area contributed by atoms with Gasteiger partial charge in [-0.25, -0.2) is 4.79 Å². The van der Waals surface area contributed by atoms with E-state index in [9.17, 15) is 67.7 Å². The summed E-state index contributed by atoms with van der Waals surface area (Å²) in [6.07, 6.45) is 2.67. The summed E-state index contributed by atoms with van der Waals surface area (Å²) in [6, 6.07) is 0.244. The van der Waals surface area contributed by atoms with Crippen LogP contribution in [0.1, 0.15) is 162 Å². The van der Waals surface area contributed by atoms with Crippen LogP contribution in [0.5, 0.6) is 5.75 Å². The van der Waals surface area contributed by atoms with Crippen LogP contribution < -0.4 is 110 Å². The van der Waals surface area contributed by atoms with E-state index in [0.29, 0.717) is 49.8 Å². The van der Waals surface area contributed by atoms with E-state index in [1.807, 2.05) is 13.8 Å². The number of phenols is 1. The van der Waals surface area contributed by atoms with E-state index >= 15 is 4.79 Å². The summed E-state index contributed by atoms with van der Waals surface area (Å²) >= 11 is 0. The van der Waals surface area contributed by atoms with Crippen LogP contribution in [0.2, 0.25) is 0 Å². The zero-order chi connectivity index (χ0) is 85.0. The van der Waals surface area contributed by atoms with Gasteiger partial charge in [-0.15, -0.1) is 0 Å². The van der Waals surface area contributed by atoms with Gasteiger partial charge in [0.25, 0.3) is 0 Å². The van der Waals surface area contributed by atoms with Crippen LogP contribution >= 0.6 is 0 Å². The zero-order valence-electron chi connectivity index (χ0n) is 66.6. The number of hydrogen-bond donors (Lipinski definition) is 22. The largest absolute Gasteiger partial charge is 0.508 e. The Morgan fingerprint density at radius 1 is 0.465 bits per heavy atom. The van der Waals surface area contributed by atoms with Gasteiger partial charge in [0, 0.05) is 32.6 Å². The first-order valence-electron chi connectivity index (χ1n) is 39.0. The number of amides is 12. The lowest BCUT2D eigenvalue weighted by Crippen LogP contribution is -2.61. The van der Waals surface area contributed by atoms with Gasteiger partial charge in [0.1, 0.15) is 66.2 Å². The fourth-order valence-corrected chi connectivity index (χ4v) is 12.4. The van der Waals surface area contributed by atoms with Crippen molar-refractivity contribution >= 4 is 94.7 Å². The Bertz CT molecular complexity index is 3520. The molecule has 0 aliphatic carbocycles. The molecule has 1 aliphatic rings. The number of carbonyl (C=O) groups is 13. The minimum absolute atomic E-state index is 0.00479. The predicted molar refractivity (Wildman–Crippen MR) is 430 cm³/mol.